The van der Waals surface area contributed by atoms with E-state index >= 15 is 0 Å². The van der Waals surface area contributed by atoms with Crippen molar-refractivity contribution in [3.05, 3.63) is 48.0 Å². The maximum absolute atomic E-state index is 12.0. The lowest BCUT2D eigenvalue weighted by Gasteiger charge is -2.11. The zero-order valence-corrected chi connectivity index (χ0v) is 17.5. The van der Waals surface area contributed by atoms with Gasteiger partial charge in [0, 0.05) is 18.3 Å². The van der Waals surface area contributed by atoms with Gasteiger partial charge in [-0.2, -0.15) is 5.10 Å². The van der Waals surface area contributed by atoms with E-state index in [4.69, 9.17) is 15.2 Å². The van der Waals surface area contributed by atoms with Crippen LogP contribution in [0.5, 0.6) is 11.5 Å². The number of anilines is 2. The summed E-state index contributed by atoms with van der Waals surface area (Å²) in [5.74, 6) is -2.04. The third-order valence-corrected chi connectivity index (χ3v) is 3.69. The van der Waals surface area contributed by atoms with Crippen LogP contribution in [-0.2, 0) is 19.2 Å². The molecule has 0 fully saturated rings. The molecule has 0 heterocycles. The predicted molar refractivity (Wildman–Crippen MR) is 117 cm³/mol. The molecule has 5 N–H and O–H groups in total. The van der Waals surface area contributed by atoms with Gasteiger partial charge in [-0.25, -0.2) is 5.43 Å². The molecular weight excluding hydrogens is 418 g/mol. The summed E-state index contributed by atoms with van der Waals surface area (Å²) >= 11 is 0. The summed E-state index contributed by atoms with van der Waals surface area (Å²) in [5.41, 5.74) is 8.67. The molecule has 0 radical (unpaired) electrons. The average molecular weight is 441 g/mol. The Morgan fingerprint density at radius 1 is 0.938 bits per heavy atom. The summed E-state index contributed by atoms with van der Waals surface area (Å²) in [6.07, 6.45) is 1.31. The number of hydrazone groups is 1. The number of hydrogen-bond acceptors (Lipinski definition) is 7. The van der Waals surface area contributed by atoms with Crippen LogP contribution in [0.25, 0.3) is 0 Å². The lowest BCUT2D eigenvalue weighted by molar-refractivity contribution is -0.136. The highest BCUT2D eigenvalue weighted by atomic mass is 16.5. The third-order valence-electron chi connectivity index (χ3n) is 3.69. The van der Waals surface area contributed by atoms with E-state index in [2.05, 4.69) is 21.2 Å². The van der Waals surface area contributed by atoms with Crippen LogP contribution in [0.15, 0.2) is 47.6 Å². The van der Waals surface area contributed by atoms with Gasteiger partial charge >= 0.3 is 11.8 Å². The van der Waals surface area contributed by atoms with Gasteiger partial charge in [-0.05, 0) is 55.0 Å². The molecule has 168 valence electrons. The molecule has 0 spiro atoms. The Morgan fingerprint density at radius 2 is 1.59 bits per heavy atom. The number of ether oxygens (including phenoxy) is 2. The van der Waals surface area contributed by atoms with E-state index in [-0.39, 0.29) is 12.5 Å². The maximum Gasteiger partial charge on any atom is 0.329 e. The highest BCUT2D eigenvalue weighted by molar-refractivity contribution is 6.39. The third kappa shape index (κ3) is 7.78. The van der Waals surface area contributed by atoms with Crippen molar-refractivity contribution in [1.82, 2.24) is 5.43 Å². The molecule has 0 aliphatic heterocycles. The smallest absolute Gasteiger partial charge is 0.329 e. The van der Waals surface area contributed by atoms with Crippen LogP contribution >= 0.6 is 0 Å². The minimum absolute atomic E-state index is 0.222. The second-order valence-corrected chi connectivity index (χ2v) is 6.31. The highest BCUT2D eigenvalue weighted by Gasteiger charge is 2.13. The molecule has 2 aromatic carbocycles. The Balaban J connectivity index is 1.94. The topological polar surface area (TPSA) is 161 Å². The van der Waals surface area contributed by atoms with E-state index in [1.807, 2.05) is 0 Å². The number of primary amides is 1. The van der Waals surface area contributed by atoms with Gasteiger partial charge in [-0.1, -0.05) is 0 Å². The first-order valence-corrected chi connectivity index (χ1v) is 9.48. The van der Waals surface area contributed by atoms with Crippen molar-refractivity contribution < 1.29 is 28.7 Å². The molecule has 0 atom stereocenters. The molecule has 0 unspecified atom stereocenters. The number of hydrogen-bond donors (Lipinski definition) is 4. The van der Waals surface area contributed by atoms with Gasteiger partial charge in [0.25, 0.3) is 5.91 Å². The van der Waals surface area contributed by atoms with E-state index in [1.165, 1.54) is 25.3 Å². The van der Waals surface area contributed by atoms with Crippen LogP contribution < -0.4 is 31.3 Å². The number of nitrogens with two attached hydrogens (primary N) is 1. The quantitative estimate of drug-likeness (QED) is 0.258. The lowest BCUT2D eigenvalue weighted by Crippen LogP contribution is -2.32. The van der Waals surface area contributed by atoms with Crippen molar-refractivity contribution in [3.8, 4) is 11.5 Å². The van der Waals surface area contributed by atoms with Gasteiger partial charge in [0.2, 0.25) is 5.91 Å². The van der Waals surface area contributed by atoms with Crippen LogP contribution in [0.3, 0.4) is 0 Å². The fourth-order valence-electron chi connectivity index (χ4n) is 2.39. The Morgan fingerprint density at radius 3 is 2.19 bits per heavy atom. The number of amides is 4. The zero-order chi connectivity index (χ0) is 23.5. The summed E-state index contributed by atoms with van der Waals surface area (Å²) in [4.78, 5) is 45.8. The molecule has 0 aliphatic rings. The van der Waals surface area contributed by atoms with Crippen LogP contribution in [0.4, 0.5) is 11.4 Å². The molecule has 11 heteroatoms. The van der Waals surface area contributed by atoms with E-state index in [0.29, 0.717) is 35.0 Å². The molecule has 11 nitrogen and oxygen atoms in total. The molecule has 0 aromatic heterocycles. The first-order chi connectivity index (χ1) is 15.3. The van der Waals surface area contributed by atoms with Crippen molar-refractivity contribution in [1.29, 1.82) is 0 Å². The standard InChI is InChI=1S/C21H23N5O6/c1-3-31-18-10-14(4-9-17(18)32-12-19(22)28)11-23-26-21(30)20(29)25-16-7-5-15(6-8-16)24-13(2)27/h4-11H,3,12H2,1-2H3,(H2,22,28)(H,24,27)(H,25,29)(H,26,30)/b23-11+. The Kier molecular flexibility index (Phi) is 8.72. The summed E-state index contributed by atoms with van der Waals surface area (Å²) in [6.45, 7) is 3.22. The first-order valence-electron chi connectivity index (χ1n) is 9.48. The van der Waals surface area contributed by atoms with Gasteiger partial charge < -0.3 is 25.8 Å². The molecule has 4 amide bonds. The summed E-state index contributed by atoms with van der Waals surface area (Å²) in [6, 6.07) is 11.0. The largest absolute Gasteiger partial charge is 0.490 e. The highest BCUT2D eigenvalue weighted by Crippen LogP contribution is 2.28. The Hall–Kier alpha value is -4.41. The van der Waals surface area contributed by atoms with Gasteiger partial charge in [0.15, 0.2) is 18.1 Å². The molecule has 2 rings (SSSR count). The molecule has 0 saturated carbocycles. The van der Waals surface area contributed by atoms with E-state index in [0.717, 1.165) is 0 Å². The van der Waals surface area contributed by atoms with E-state index in [9.17, 15) is 19.2 Å². The SMILES string of the molecule is CCOc1cc(/C=N/NC(=O)C(=O)Nc2ccc(NC(C)=O)cc2)ccc1OCC(N)=O. The average Bonchev–Trinajstić information content (AvgIpc) is 2.74. The fraction of sp³-hybridized carbons (Fsp3) is 0.190. The van der Waals surface area contributed by atoms with Crippen molar-refractivity contribution >= 4 is 41.2 Å². The zero-order valence-electron chi connectivity index (χ0n) is 17.5. The van der Waals surface area contributed by atoms with Crippen molar-refractivity contribution in [2.75, 3.05) is 23.8 Å². The second-order valence-electron chi connectivity index (χ2n) is 6.31. The molecule has 32 heavy (non-hydrogen) atoms. The number of carbonyl (C=O) groups excluding carboxylic acids is 4. The first kappa shape index (κ1) is 23.9. The minimum atomic E-state index is -0.973. The van der Waals surface area contributed by atoms with Crippen molar-refractivity contribution in [2.45, 2.75) is 13.8 Å². The Labute approximate surface area is 184 Å². The molecular formula is C21H23N5O6. The second kappa shape index (κ2) is 11.7. The van der Waals surface area contributed by atoms with E-state index in [1.54, 1.807) is 37.3 Å². The van der Waals surface area contributed by atoms with Gasteiger partial charge in [-0.15, -0.1) is 0 Å². The van der Waals surface area contributed by atoms with E-state index < -0.39 is 17.7 Å². The lowest BCUT2D eigenvalue weighted by atomic mass is 10.2. The number of benzene rings is 2. The number of carbonyl (C=O) groups is 4. The van der Waals surface area contributed by atoms with Crippen molar-refractivity contribution in [3.63, 3.8) is 0 Å². The van der Waals surface area contributed by atoms with Gasteiger partial charge in [-0.3, -0.25) is 19.2 Å². The normalized spacial score (nSPS) is 10.3. The fourth-order valence-corrected chi connectivity index (χ4v) is 2.39. The van der Waals surface area contributed by atoms with Gasteiger partial charge in [0.1, 0.15) is 0 Å². The summed E-state index contributed by atoms with van der Waals surface area (Å²) < 4.78 is 10.7. The minimum Gasteiger partial charge on any atom is -0.490 e. The van der Waals surface area contributed by atoms with Gasteiger partial charge in [0.05, 0.1) is 12.8 Å². The summed E-state index contributed by atoms with van der Waals surface area (Å²) in [5, 5.41) is 8.76. The molecule has 0 bridgehead atoms. The Bertz CT molecular complexity index is 1020. The molecule has 0 saturated heterocycles. The number of rotatable bonds is 9. The van der Waals surface area contributed by atoms with Crippen LogP contribution in [0.1, 0.15) is 19.4 Å². The van der Waals surface area contributed by atoms with Crippen LogP contribution in [0, 0.1) is 0 Å². The maximum atomic E-state index is 12.0. The van der Waals surface area contributed by atoms with Crippen molar-refractivity contribution in [2.24, 2.45) is 10.8 Å². The van der Waals surface area contributed by atoms with Crippen LogP contribution in [0.2, 0.25) is 0 Å². The molecule has 2 aromatic rings. The van der Waals surface area contributed by atoms with Crippen LogP contribution in [-0.4, -0.2) is 43.1 Å². The summed E-state index contributed by atoms with van der Waals surface area (Å²) in [7, 11) is 0. The number of nitrogens with one attached hydrogen (secondary N) is 3. The number of nitrogens with zero attached hydrogens (tertiary/aromatic N) is 1. The molecule has 0 aliphatic carbocycles. The predicted octanol–water partition coefficient (Wildman–Crippen LogP) is 0.997. The monoisotopic (exact) mass is 441 g/mol.